The monoisotopic (exact) mass is 415 g/mol. The number of hydrogen-bond donors (Lipinski definition) is 1. The normalized spacial score (nSPS) is 14.2. The standard InChI is InChI=1S/C21H19Cl2N3O2/c22-14-7-9-16(23)18(12-14)25-20(27)13-6-8-15-17(11-13)24-19-5-3-1-2-4-10-26(19)21(15)28/h6-9,11-12H,1-5,10H2,(H,25,27). The summed E-state index contributed by atoms with van der Waals surface area (Å²) in [6.45, 7) is 0.701. The summed E-state index contributed by atoms with van der Waals surface area (Å²) < 4.78 is 1.78. The molecule has 0 saturated carbocycles. The van der Waals surface area contributed by atoms with Gasteiger partial charge in [0, 0.05) is 23.6 Å². The first kappa shape index (κ1) is 19.0. The maximum Gasteiger partial charge on any atom is 0.261 e. The van der Waals surface area contributed by atoms with Crippen molar-refractivity contribution in [3.63, 3.8) is 0 Å². The molecule has 2 aromatic carbocycles. The van der Waals surface area contributed by atoms with Crippen molar-refractivity contribution in [2.45, 2.75) is 38.6 Å². The number of carbonyl (C=O) groups is 1. The second-order valence-electron chi connectivity index (χ2n) is 6.96. The van der Waals surface area contributed by atoms with Crippen LogP contribution < -0.4 is 10.9 Å². The van der Waals surface area contributed by atoms with Crippen LogP contribution in [-0.4, -0.2) is 15.5 Å². The van der Waals surface area contributed by atoms with Crippen LogP contribution in [0.3, 0.4) is 0 Å². The molecule has 2 heterocycles. The molecule has 0 spiro atoms. The summed E-state index contributed by atoms with van der Waals surface area (Å²) in [5, 5.41) is 4.17. The number of rotatable bonds is 2. The molecule has 3 aromatic rings. The number of fused-ring (bicyclic) bond motifs is 2. The van der Waals surface area contributed by atoms with Gasteiger partial charge in [-0.15, -0.1) is 0 Å². The van der Waals surface area contributed by atoms with Gasteiger partial charge in [-0.1, -0.05) is 36.0 Å². The van der Waals surface area contributed by atoms with Crippen LogP contribution in [0.25, 0.3) is 10.9 Å². The highest BCUT2D eigenvalue weighted by Crippen LogP contribution is 2.26. The molecule has 0 bridgehead atoms. The van der Waals surface area contributed by atoms with Crippen molar-refractivity contribution in [3.8, 4) is 0 Å². The van der Waals surface area contributed by atoms with E-state index in [4.69, 9.17) is 28.2 Å². The minimum Gasteiger partial charge on any atom is -0.321 e. The van der Waals surface area contributed by atoms with Crippen molar-refractivity contribution >= 4 is 45.7 Å². The minimum atomic E-state index is -0.334. The van der Waals surface area contributed by atoms with Gasteiger partial charge in [0.25, 0.3) is 11.5 Å². The van der Waals surface area contributed by atoms with Crippen molar-refractivity contribution in [1.29, 1.82) is 0 Å². The molecule has 1 amide bonds. The smallest absolute Gasteiger partial charge is 0.261 e. The molecule has 1 N–H and O–H groups in total. The molecule has 7 heteroatoms. The Morgan fingerprint density at radius 3 is 2.71 bits per heavy atom. The number of nitrogens with zero attached hydrogens (tertiary/aromatic N) is 2. The van der Waals surface area contributed by atoms with Gasteiger partial charge in [-0.2, -0.15) is 0 Å². The number of nitrogens with one attached hydrogen (secondary N) is 1. The SMILES string of the molecule is O=C(Nc1cc(Cl)ccc1Cl)c1ccc2c(=O)n3c(nc2c1)CCCCCC3. The van der Waals surface area contributed by atoms with E-state index < -0.39 is 0 Å². The first-order valence-electron chi connectivity index (χ1n) is 9.33. The first-order chi connectivity index (χ1) is 13.5. The number of amides is 1. The molecule has 4 rings (SSSR count). The van der Waals surface area contributed by atoms with Crippen LogP contribution >= 0.6 is 23.2 Å². The Kier molecular flexibility index (Phi) is 5.38. The van der Waals surface area contributed by atoms with E-state index in [-0.39, 0.29) is 11.5 Å². The first-order valence-corrected chi connectivity index (χ1v) is 10.1. The van der Waals surface area contributed by atoms with Crippen LogP contribution in [0.1, 0.15) is 41.9 Å². The summed E-state index contributed by atoms with van der Waals surface area (Å²) >= 11 is 12.1. The summed E-state index contributed by atoms with van der Waals surface area (Å²) in [4.78, 5) is 30.3. The number of halogens is 2. The zero-order chi connectivity index (χ0) is 19.7. The number of benzene rings is 2. The highest BCUT2D eigenvalue weighted by Gasteiger charge is 2.15. The van der Waals surface area contributed by atoms with Crippen LogP contribution in [0.15, 0.2) is 41.2 Å². The van der Waals surface area contributed by atoms with Crippen molar-refractivity contribution in [3.05, 3.63) is 68.2 Å². The van der Waals surface area contributed by atoms with Crippen molar-refractivity contribution in [2.24, 2.45) is 0 Å². The van der Waals surface area contributed by atoms with Gasteiger partial charge in [0.1, 0.15) is 5.82 Å². The second kappa shape index (κ2) is 7.94. The van der Waals surface area contributed by atoms with Crippen LogP contribution in [-0.2, 0) is 13.0 Å². The quantitative estimate of drug-likeness (QED) is 0.634. The molecule has 1 aliphatic rings. The highest BCUT2D eigenvalue weighted by molar-refractivity contribution is 6.35. The molecule has 144 valence electrons. The molecule has 0 radical (unpaired) electrons. The predicted molar refractivity (Wildman–Crippen MR) is 113 cm³/mol. The summed E-state index contributed by atoms with van der Waals surface area (Å²) in [6.07, 6.45) is 5.07. The molecular formula is C21H19Cl2N3O2. The zero-order valence-corrected chi connectivity index (χ0v) is 16.7. The van der Waals surface area contributed by atoms with Gasteiger partial charge in [0.15, 0.2) is 0 Å². The summed E-state index contributed by atoms with van der Waals surface area (Å²) in [5.74, 6) is 0.465. The average molecular weight is 416 g/mol. The van der Waals surface area contributed by atoms with Gasteiger partial charge in [0.2, 0.25) is 0 Å². The van der Waals surface area contributed by atoms with E-state index in [1.165, 1.54) is 0 Å². The zero-order valence-electron chi connectivity index (χ0n) is 15.2. The van der Waals surface area contributed by atoms with Gasteiger partial charge in [-0.05, 0) is 49.2 Å². The summed E-state index contributed by atoms with van der Waals surface area (Å²) in [7, 11) is 0. The van der Waals surface area contributed by atoms with E-state index >= 15 is 0 Å². The largest absolute Gasteiger partial charge is 0.321 e. The number of carbonyl (C=O) groups excluding carboxylic acids is 1. The van der Waals surface area contributed by atoms with Crippen molar-refractivity contribution in [2.75, 3.05) is 5.32 Å². The molecule has 0 saturated heterocycles. The Hall–Kier alpha value is -2.37. The lowest BCUT2D eigenvalue weighted by Crippen LogP contribution is -2.26. The molecule has 0 aliphatic carbocycles. The Labute approximate surface area is 172 Å². The fourth-order valence-corrected chi connectivity index (χ4v) is 3.86. The third kappa shape index (κ3) is 3.77. The number of aryl methyl sites for hydroxylation is 1. The van der Waals surface area contributed by atoms with Crippen LogP contribution in [0.2, 0.25) is 10.0 Å². The predicted octanol–water partition coefficient (Wildman–Crippen LogP) is 5.07. The van der Waals surface area contributed by atoms with E-state index in [1.54, 1.807) is 41.0 Å². The lowest BCUT2D eigenvalue weighted by molar-refractivity contribution is 0.102. The number of aromatic nitrogens is 2. The van der Waals surface area contributed by atoms with Crippen LogP contribution in [0, 0.1) is 0 Å². The maximum atomic E-state index is 12.9. The highest BCUT2D eigenvalue weighted by atomic mass is 35.5. The van der Waals surface area contributed by atoms with Crippen molar-refractivity contribution in [1.82, 2.24) is 9.55 Å². The van der Waals surface area contributed by atoms with Gasteiger partial charge in [-0.25, -0.2) is 4.98 Å². The lowest BCUT2D eigenvalue weighted by atomic mass is 10.1. The van der Waals surface area contributed by atoms with Crippen LogP contribution in [0.4, 0.5) is 5.69 Å². The molecule has 28 heavy (non-hydrogen) atoms. The fraction of sp³-hybridized carbons (Fsp3) is 0.286. The van der Waals surface area contributed by atoms with Gasteiger partial charge < -0.3 is 5.32 Å². The van der Waals surface area contributed by atoms with Crippen molar-refractivity contribution < 1.29 is 4.79 Å². The number of anilines is 1. The molecular weight excluding hydrogens is 397 g/mol. The summed E-state index contributed by atoms with van der Waals surface area (Å²) in [6, 6.07) is 9.84. The maximum absolute atomic E-state index is 12.9. The van der Waals surface area contributed by atoms with E-state index in [9.17, 15) is 9.59 Å². The molecule has 5 nitrogen and oxygen atoms in total. The third-order valence-electron chi connectivity index (χ3n) is 5.01. The lowest BCUT2D eigenvalue weighted by Gasteiger charge is -2.16. The van der Waals surface area contributed by atoms with Gasteiger partial charge in [-0.3, -0.25) is 14.2 Å². The fourth-order valence-electron chi connectivity index (χ4n) is 3.52. The molecule has 1 aromatic heterocycles. The Balaban J connectivity index is 1.71. The van der Waals surface area contributed by atoms with E-state index in [0.29, 0.717) is 38.7 Å². The second-order valence-corrected chi connectivity index (χ2v) is 7.80. The van der Waals surface area contributed by atoms with Gasteiger partial charge in [0.05, 0.1) is 21.6 Å². The molecule has 0 unspecified atom stereocenters. The van der Waals surface area contributed by atoms with E-state index in [2.05, 4.69) is 5.32 Å². The van der Waals surface area contributed by atoms with E-state index in [1.807, 2.05) is 0 Å². The Morgan fingerprint density at radius 1 is 1.04 bits per heavy atom. The minimum absolute atomic E-state index is 0.0354. The van der Waals surface area contributed by atoms with E-state index in [0.717, 1.165) is 37.9 Å². The Bertz CT molecular complexity index is 1120. The molecule has 0 atom stereocenters. The Morgan fingerprint density at radius 2 is 1.86 bits per heavy atom. The summed E-state index contributed by atoms with van der Waals surface area (Å²) in [5.41, 5.74) is 1.35. The molecule has 1 aliphatic heterocycles. The van der Waals surface area contributed by atoms with Gasteiger partial charge >= 0.3 is 0 Å². The average Bonchev–Trinajstić information content (AvgIpc) is 2.66. The number of hydrogen-bond acceptors (Lipinski definition) is 3. The third-order valence-corrected chi connectivity index (χ3v) is 5.57. The molecule has 0 fully saturated rings. The topological polar surface area (TPSA) is 64.0 Å². The van der Waals surface area contributed by atoms with Crippen LogP contribution in [0.5, 0.6) is 0 Å².